The van der Waals surface area contributed by atoms with E-state index in [0.717, 1.165) is 32.3 Å². The Hall–Kier alpha value is -0.670. The van der Waals surface area contributed by atoms with Crippen molar-refractivity contribution in [2.45, 2.75) is 84.0 Å². The Labute approximate surface area is 129 Å². The van der Waals surface area contributed by atoms with E-state index in [1.165, 1.54) is 19.3 Å². The largest absolute Gasteiger partial charge is 0.350 e. The number of carbonyl (C=O) groups excluding carboxylic acids is 1. The molecule has 1 saturated carbocycles. The van der Waals surface area contributed by atoms with Gasteiger partial charge in [0.15, 0.2) is 5.79 Å². The van der Waals surface area contributed by atoms with Crippen LogP contribution in [0.1, 0.15) is 72.1 Å². The fraction of sp³-hybridized carbons (Fsp3) is 0.833. The molecule has 0 aromatic carbocycles. The van der Waals surface area contributed by atoms with Crippen LogP contribution in [0.15, 0.2) is 12.2 Å². The molecule has 1 spiro atoms. The van der Waals surface area contributed by atoms with Crippen LogP contribution >= 0.6 is 0 Å². The first-order chi connectivity index (χ1) is 10.0. The fourth-order valence-corrected chi connectivity index (χ4v) is 3.45. The molecule has 21 heavy (non-hydrogen) atoms. The summed E-state index contributed by atoms with van der Waals surface area (Å²) < 4.78 is 12.3. The Balaban J connectivity index is 1.99. The minimum absolute atomic E-state index is 0.0116. The summed E-state index contributed by atoms with van der Waals surface area (Å²) in [6.07, 6.45) is 11.9. The summed E-state index contributed by atoms with van der Waals surface area (Å²) in [5.41, 5.74) is -0.421. The zero-order chi connectivity index (χ0) is 15.3. The number of ketones is 1. The van der Waals surface area contributed by atoms with Crippen LogP contribution in [-0.2, 0) is 14.3 Å². The number of allylic oxidation sites excluding steroid dienone is 2. The van der Waals surface area contributed by atoms with Crippen molar-refractivity contribution in [3.63, 3.8) is 0 Å². The van der Waals surface area contributed by atoms with Crippen molar-refractivity contribution in [1.29, 1.82) is 0 Å². The highest BCUT2D eigenvalue weighted by Gasteiger charge is 2.46. The molecule has 1 atom stereocenters. The monoisotopic (exact) mass is 294 g/mol. The Morgan fingerprint density at radius 2 is 2.00 bits per heavy atom. The first kappa shape index (κ1) is 16.7. The van der Waals surface area contributed by atoms with Gasteiger partial charge in [0, 0.05) is 24.7 Å². The smallest absolute Gasteiger partial charge is 0.168 e. The van der Waals surface area contributed by atoms with Gasteiger partial charge in [-0.05, 0) is 32.6 Å². The summed E-state index contributed by atoms with van der Waals surface area (Å²) in [4.78, 5) is 12.6. The van der Waals surface area contributed by atoms with E-state index in [2.05, 4.69) is 6.08 Å². The van der Waals surface area contributed by atoms with Gasteiger partial charge in [-0.2, -0.15) is 0 Å². The minimum Gasteiger partial charge on any atom is -0.350 e. The summed E-state index contributed by atoms with van der Waals surface area (Å²) in [6, 6.07) is 0. The van der Waals surface area contributed by atoms with E-state index in [9.17, 15) is 4.79 Å². The quantitative estimate of drug-likeness (QED) is 0.705. The van der Waals surface area contributed by atoms with Gasteiger partial charge < -0.3 is 9.47 Å². The van der Waals surface area contributed by atoms with E-state index in [4.69, 9.17) is 9.47 Å². The maximum absolute atomic E-state index is 12.6. The molecule has 1 aliphatic carbocycles. The molecule has 0 bridgehead atoms. The molecular formula is C18H30O3. The lowest BCUT2D eigenvalue weighted by molar-refractivity contribution is -0.318. The highest BCUT2D eigenvalue weighted by molar-refractivity contribution is 5.84. The molecule has 0 radical (unpaired) electrons. The van der Waals surface area contributed by atoms with E-state index < -0.39 is 11.2 Å². The van der Waals surface area contributed by atoms with Crippen molar-refractivity contribution in [2.24, 2.45) is 5.41 Å². The normalized spacial score (nSPS) is 26.3. The lowest BCUT2D eigenvalue weighted by Gasteiger charge is -2.47. The fourth-order valence-electron chi connectivity index (χ4n) is 3.45. The summed E-state index contributed by atoms with van der Waals surface area (Å²) in [7, 11) is 0. The molecule has 2 aliphatic rings. The second-order valence-corrected chi connectivity index (χ2v) is 6.97. The van der Waals surface area contributed by atoms with Crippen LogP contribution < -0.4 is 0 Å². The Morgan fingerprint density at radius 3 is 2.67 bits per heavy atom. The SMILES string of the molecule is C/C=C/CCC(=O)C(C)(C)[C@@H]1CCOC2(CCCCC2)O1. The third kappa shape index (κ3) is 3.95. The van der Waals surface area contributed by atoms with Crippen molar-refractivity contribution in [1.82, 2.24) is 0 Å². The van der Waals surface area contributed by atoms with Gasteiger partial charge in [-0.15, -0.1) is 0 Å². The van der Waals surface area contributed by atoms with Gasteiger partial charge in [0.2, 0.25) is 0 Å². The molecule has 3 heteroatoms. The van der Waals surface area contributed by atoms with Crippen LogP contribution in [0.5, 0.6) is 0 Å². The Kier molecular flexibility index (Phi) is 5.61. The molecule has 120 valence electrons. The molecule has 2 rings (SSSR count). The number of carbonyl (C=O) groups is 1. The van der Waals surface area contributed by atoms with E-state index in [-0.39, 0.29) is 6.10 Å². The first-order valence-electron chi connectivity index (χ1n) is 8.46. The zero-order valence-electron chi connectivity index (χ0n) is 13.8. The number of rotatable bonds is 5. The van der Waals surface area contributed by atoms with Crippen molar-refractivity contribution in [3.8, 4) is 0 Å². The first-order valence-corrected chi connectivity index (χ1v) is 8.46. The molecule has 3 nitrogen and oxygen atoms in total. The van der Waals surface area contributed by atoms with Crippen LogP contribution in [0.3, 0.4) is 0 Å². The van der Waals surface area contributed by atoms with Crippen molar-refractivity contribution in [2.75, 3.05) is 6.61 Å². The number of Topliss-reactive ketones (excluding diaryl/α,β-unsaturated/α-hetero) is 1. The molecule has 1 saturated heterocycles. The van der Waals surface area contributed by atoms with Gasteiger partial charge in [0.25, 0.3) is 0 Å². The van der Waals surface area contributed by atoms with Crippen LogP contribution in [0, 0.1) is 5.41 Å². The van der Waals surface area contributed by atoms with Crippen LogP contribution in [0.2, 0.25) is 0 Å². The van der Waals surface area contributed by atoms with Crippen LogP contribution in [0.25, 0.3) is 0 Å². The van der Waals surface area contributed by atoms with E-state index in [0.29, 0.717) is 12.2 Å². The highest BCUT2D eigenvalue weighted by atomic mass is 16.7. The standard InChI is InChI=1S/C18H30O3/c1-4-5-7-10-15(19)17(2,3)16-11-14-20-18(21-16)12-8-6-9-13-18/h4-5,16H,6-14H2,1-3H3/b5-4+/t16-/m0/s1. The molecule has 0 N–H and O–H groups in total. The molecule has 1 aliphatic heterocycles. The van der Waals surface area contributed by atoms with Gasteiger partial charge in [-0.1, -0.05) is 32.4 Å². The van der Waals surface area contributed by atoms with Crippen LogP contribution in [0.4, 0.5) is 0 Å². The average Bonchev–Trinajstić information content (AvgIpc) is 2.48. The topological polar surface area (TPSA) is 35.5 Å². The summed E-state index contributed by atoms with van der Waals surface area (Å²) in [5.74, 6) is -0.0966. The van der Waals surface area contributed by atoms with Gasteiger partial charge in [-0.3, -0.25) is 4.79 Å². The van der Waals surface area contributed by atoms with Gasteiger partial charge in [0.1, 0.15) is 5.78 Å². The lowest BCUT2D eigenvalue weighted by atomic mass is 9.78. The maximum Gasteiger partial charge on any atom is 0.168 e. The van der Waals surface area contributed by atoms with E-state index in [1.54, 1.807) is 0 Å². The highest BCUT2D eigenvalue weighted by Crippen LogP contribution is 2.42. The molecule has 2 fully saturated rings. The Morgan fingerprint density at radius 1 is 1.29 bits per heavy atom. The second kappa shape index (κ2) is 7.06. The molecule has 0 unspecified atom stereocenters. The summed E-state index contributed by atoms with van der Waals surface area (Å²) >= 11 is 0. The predicted octanol–water partition coefficient (Wildman–Crippen LogP) is 4.40. The summed E-state index contributed by atoms with van der Waals surface area (Å²) in [6.45, 7) is 6.79. The maximum atomic E-state index is 12.6. The number of hydrogen-bond donors (Lipinski definition) is 0. The third-order valence-electron chi connectivity index (χ3n) is 5.01. The second-order valence-electron chi connectivity index (χ2n) is 6.97. The van der Waals surface area contributed by atoms with E-state index >= 15 is 0 Å². The average molecular weight is 294 g/mol. The minimum atomic E-state index is -0.421. The van der Waals surface area contributed by atoms with E-state index in [1.807, 2.05) is 26.8 Å². The molecule has 0 aromatic heterocycles. The number of hydrogen-bond acceptors (Lipinski definition) is 3. The summed E-state index contributed by atoms with van der Waals surface area (Å²) in [5, 5.41) is 0. The lowest BCUT2D eigenvalue weighted by Crippen LogP contribution is -2.52. The molecule has 0 aromatic rings. The number of ether oxygens (including phenoxy) is 2. The van der Waals surface area contributed by atoms with Crippen molar-refractivity contribution in [3.05, 3.63) is 12.2 Å². The molecule has 1 heterocycles. The molecular weight excluding hydrogens is 264 g/mol. The van der Waals surface area contributed by atoms with Crippen LogP contribution in [-0.4, -0.2) is 24.3 Å². The third-order valence-corrected chi connectivity index (χ3v) is 5.01. The predicted molar refractivity (Wildman–Crippen MR) is 84.1 cm³/mol. The van der Waals surface area contributed by atoms with Crippen molar-refractivity contribution >= 4 is 5.78 Å². The van der Waals surface area contributed by atoms with Gasteiger partial charge in [-0.25, -0.2) is 0 Å². The molecule has 0 amide bonds. The van der Waals surface area contributed by atoms with Crippen molar-refractivity contribution < 1.29 is 14.3 Å². The van der Waals surface area contributed by atoms with Gasteiger partial charge >= 0.3 is 0 Å². The Bertz CT molecular complexity index is 372. The van der Waals surface area contributed by atoms with Gasteiger partial charge in [0.05, 0.1) is 12.7 Å². The zero-order valence-corrected chi connectivity index (χ0v) is 13.8.